The van der Waals surface area contributed by atoms with E-state index in [4.69, 9.17) is 0 Å². The van der Waals surface area contributed by atoms with Gasteiger partial charge in [-0.1, -0.05) is 24.3 Å². The van der Waals surface area contributed by atoms with Crippen molar-refractivity contribution in [3.05, 3.63) is 56.2 Å². The molecule has 3 aromatic rings. The maximum absolute atomic E-state index is 13.4. The summed E-state index contributed by atoms with van der Waals surface area (Å²) in [5.41, 5.74) is 3.02. The molecule has 2 aromatic heterocycles. The summed E-state index contributed by atoms with van der Waals surface area (Å²) in [6.45, 7) is 8.74. The Morgan fingerprint density at radius 3 is 2.54 bits per heavy atom. The molecule has 8 nitrogen and oxygen atoms in total. The molecule has 0 saturated carbocycles. The predicted octanol–water partition coefficient (Wildman–Crippen LogP) is 2.03. The molecule has 0 aliphatic carbocycles. The SMILES string of the molecule is CCN1N=C(C)C(C)n2c1nc1c2c(=O)n(Cc2ccccc2C)c(=O)n1C. The predicted molar refractivity (Wildman–Crippen MR) is 110 cm³/mol. The van der Waals surface area contributed by atoms with Crippen molar-refractivity contribution in [2.75, 3.05) is 11.6 Å². The summed E-state index contributed by atoms with van der Waals surface area (Å²) in [6, 6.07) is 7.66. The molecule has 0 saturated heterocycles. The summed E-state index contributed by atoms with van der Waals surface area (Å²) in [4.78, 5) is 31.0. The lowest BCUT2D eigenvalue weighted by Crippen LogP contribution is -2.40. The first kappa shape index (κ1) is 18.2. The minimum Gasteiger partial charge on any atom is -0.294 e. The minimum absolute atomic E-state index is 0.111. The molecule has 0 spiro atoms. The zero-order valence-electron chi connectivity index (χ0n) is 16.8. The van der Waals surface area contributed by atoms with Gasteiger partial charge in [-0.05, 0) is 38.8 Å². The van der Waals surface area contributed by atoms with Crippen molar-refractivity contribution in [3.8, 4) is 0 Å². The van der Waals surface area contributed by atoms with Gasteiger partial charge in [0, 0.05) is 13.6 Å². The molecule has 4 rings (SSSR count). The smallest absolute Gasteiger partial charge is 0.294 e. The van der Waals surface area contributed by atoms with Crippen LogP contribution in [0.15, 0.2) is 39.0 Å². The van der Waals surface area contributed by atoms with E-state index < -0.39 is 0 Å². The van der Waals surface area contributed by atoms with Crippen LogP contribution < -0.4 is 16.3 Å². The number of hydrogen-bond donors (Lipinski definition) is 0. The number of rotatable bonds is 3. The van der Waals surface area contributed by atoms with Gasteiger partial charge in [0.2, 0.25) is 5.95 Å². The fourth-order valence-electron chi connectivity index (χ4n) is 3.69. The molecule has 1 atom stereocenters. The Bertz CT molecular complexity index is 1230. The third-order valence-electron chi connectivity index (χ3n) is 5.55. The van der Waals surface area contributed by atoms with E-state index >= 15 is 0 Å². The van der Waals surface area contributed by atoms with Gasteiger partial charge in [-0.15, -0.1) is 0 Å². The van der Waals surface area contributed by atoms with Gasteiger partial charge in [-0.25, -0.2) is 9.80 Å². The Kier molecular flexibility index (Phi) is 4.21. The van der Waals surface area contributed by atoms with Crippen LogP contribution in [0.2, 0.25) is 0 Å². The monoisotopic (exact) mass is 380 g/mol. The summed E-state index contributed by atoms with van der Waals surface area (Å²) >= 11 is 0. The van der Waals surface area contributed by atoms with Gasteiger partial charge in [-0.3, -0.25) is 18.5 Å². The number of imidazole rings is 1. The topological polar surface area (TPSA) is 77.4 Å². The van der Waals surface area contributed by atoms with Crippen molar-refractivity contribution in [2.24, 2.45) is 12.1 Å². The highest BCUT2D eigenvalue weighted by Gasteiger charge is 2.30. The van der Waals surface area contributed by atoms with Crippen LogP contribution in [0.4, 0.5) is 5.95 Å². The maximum Gasteiger partial charge on any atom is 0.332 e. The van der Waals surface area contributed by atoms with Gasteiger partial charge < -0.3 is 0 Å². The second-order valence-corrected chi connectivity index (χ2v) is 7.25. The molecule has 8 heteroatoms. The quantitative estimate of drug-likeness (QED) is 0.697. The zero-order chi connectivity index (χ0) is 20.2. The van der Waals surface area contributed by atoms with Crippen molar-refractivity contribution in [1.29, 1.82) is 0 Å². The number of fused-ring (bicyclic) bond motifs is 3. The summed E-state index contributed by atoms with van der Waals surface area (Å²) in [5, 5.41) is 6.34. The fraction of sp³-hybridized carbons (Fsp3) is 0.400. The van der Waals surface area contributed by atoms with Crippen LogP contribution in [0.5, 0.6) is 0 Å². The number of nitrogens with zero attached hydrogens (tertiary/aromatic N) is 6. The van der Waals surface area contributed by atoms with Crippen molar-refractivity contribution in [1.82, 2.24) is 18.7 Å². The zero-order valence-corrected chi connectivity index (χ0v) is 16.8. The van der Waals surface area contributed by atoms with E-state index in [2.05, 4.69) is 10.1 Å². The molecule has 1 aliphatic rings. The van der Waals surface area contributed by atoms with Crippen LogP contribution in [-0.2, 0) is 13.6 Å². The van der Waals surface area contributed by atoms with Crippen LogP contribution in [0.1, 0.15) is 37.9 Å². The van der Waals surface area contributed by atoms with Crippen molar-refractivity contribution < 1.29 is 0 Å². The lowest BCUT2D eigenvalue weighted by Gasteiger charge is -2.28. The molecule has 1 unspecified atom stereocenters. The van der Waals surface area contributed by atoms with Crippen LogP contribution in [0.25, 0.3) is 11.2 Å². The number of aromatic nitrogens is 4. The molecule has 0 N–H and O–H groups in total. The summed E-state index contributed by atoms with van der Waals surface area (Å²) < 4.78 is 4.65. The second kappa shape index (κ2) is 6.47. The van der Waals surface area contributed by atoms with Crippen LogP contribution in [0.3, 0.4) is 0 Å². The number of hydrazone groups is 1. The lowest BCUT2D eigenvalue weighted by atomic mass is 10.1. The summed E-state index contributed by atoms with van der Waals surface area (Å²) in [7, 11) is 1.66. The summed E-state index contributed by atoms with van der Waals surface area (Å²) in [6.07, 6.45) is 0. The van der Waals surface area contributed by atoms with Crippen LogP contribution in [-0.4, -0.2) is 30.9 Å². The first-order valence-electron chi connectivity index (χ1n) is 9.44. The molecule has 3 heterocycles. The van der Waals surface area contributed by atoms with E-state index in [1.54, 1.807) is 12.1 Å². The van der Waals surface area contributed by atoms with Gasteiger partial charge in [0.1, 0.15) is 0 Å². The number of aryl methyl sites for hydroxylation is 2. The van der Waals surface area contributed by atoms with E-state index in [0.717, 1.165) is 16.8 Å². The number of benzene rings is 1. The molecule has 0 amide bonds. The van der Waals surface area contributed by atoms with E-state index in [0.29, 0.717) is 23.7 Å². The van der Waals surface area contributed by atoms with Gasteiger partial charge in [0.05, 0.1) is 18.3 Å². The standard InChI is InChI=1S/C20H24N6O2/c1-6-25-19-21-17-16(26(19)14(4)13(3)22-25)18(27)24(20(28)23(17)5)11-15-10-8-7-9-12(15)2/h7-10,14H,6,11H2,1-5H3. The molecule has 1 aromatic carbocycles. The third-order valence-corrected chi connectivity index (χ3v) is 5.55. The van der Waals surface area contributed by atoms with Crippen LogP contribution >= 0.6 is 0 Å². The molecule has 1 aliphatic heterocycles. The molecular weight excluding hydrogens is 356 g/mol. The first-order chi connectivity index (χ1) is 13.3. The Labute approximate surface area is 162 Å². The molecule has 28 heavy (non-hydrogen) atoms. The Morgan fingerprint density at radius 2 is 1.86 bits per heavy atom. The van der Waals surface area contributed by atoms with E-state index in [-0.39, 0.29) is 23.8 Å². The van der Waals surface area contributed by atoms with Gasteiger partial charge >= 0.3 is 5.69 Å². The molecule has 0 fully saturated rings. The first-order valence-corrected chi connectivity index (χ1v) is 9.44. The highest BCUT2D eigenvalue weighted by Crippen LogP contribution is 2.29. The molecule has 146 valence electrons. The van der Waals surface area contributed by atoms with Gasteiger partial charge in [-0.2, -0.15) is 10.1 Å². The van der Waals surface area contributed by atoms with Crippen molar-refractivity contribution in [3.63, 3.8) is 0 Å². The lowest BCUT2D eigenvalue weighted by molar-refractivity contribution is 0.630. The van der Waals surface area contributed by atoms with Crippen LogP contribution in [0, 0.1) is 6.92 Å². The van der Waals surface area contributed by atoms with E-state index in [9.17, 15) is 9.59 Å². The highest BCUT2D eigenvalue weighted by molar-refractivity contribution is 5.91. The molecule has 0 bridgehead atoms. The van der Waals surface area contributed by atoms with E-state index in [1.807, 2.05) is 56.5 Å². The second-order valence-electron chi connectivity index (χ2n) is 7.25. The maximum atomic E-state index is 13.4. The Hall–Kier alpha value is -3.16. The summed E-state index contributed by atoms with van der Waals surface area (Å²) in [5.74, 6) is 0.594. The normalized spacial score (nSPS) is 16.4. The van der Waals surface area contributed by atoms with Gasteiger partial charge in [0.25, 0.3) is 5.56 Å². The van der Waals surface area contributed by atoms with E-state index in [1.165, 1.54) is 9.13 Å². The third kappa shape index (κ3) is 2.51. The minimum atomic E-state index is -0.371. The molecule has 0 radical (unpaired) electrons. The number of anilines is 1. The molecular formula is C20H24N6O2. The van der Waals surface area contributed by atoms with Gasteiger partial charge in [0.15, 0.2) is 11.2 Å². The average Bonchev–Trinajstić information content (AvgIpc) is 3.09. The fourth-order valence-corrected chi connectivity index (χ4v) is 3.69. The Balaban J connectivity index is 2.02. The van der Waals surface area contributed by atoms with Crippen molar-refractivity contribution >= 4 is 22.8 Å². The van der Waals surface area contributed by atoms with Crippen molar-refractivity contribution in [2.45, 2.75) is 40.3 Å². The average molecular weight is 380 g/mol. The highest BCUT2D eigenvalue weighted by atomic mass is 16.2. The number of hydrogen-bond acceptors (Lipinski definition) is 5. The Morgan fingerprint density at radius 1 is 1.14 bits per heavy atom. The largest absolute Gasteiger partial charge is 0.332 e.